The van der Waals surface area contributed by atoms with E-state index in [0.29, 0.717) is 5.92 Å². The van der Waals surface area contributed by atoms with Crippen molar-refractivity contribution in [2.45, 2.75) is 27.7 Å². The van der Waals surface area contributed by atoms with Crippen molar-refractivity contribution in [3.05, 3.63) is 76.5 Å². The molecular weight excluding hydrogens is 464 g/mol. The van der Waals surface area contributed by atoms with Crippen LogP contribution in [0.4, 0.5) is 0 Å². The van der Waals surface area contributed by atoms with Crippen LogP contribution in [0.3, 0.4) is 0 Å². The van der Waals surface area contributed by atoms with E-state index in [1.165, 1.54) is 27.5 Å². The molecule has 3 aromatic rings. The lowest BCUT2D eigenvalue weighted by molar-refractivity contribution is 0.394. The molecule has 0 radical (unpaired) electrons. The zero-order chi connectivity index (χ0) is 26.0. The maximum absolute atomic E-state index is 5.65. The number of benzene rings is 3. The first kappa shape index (κ1) is 25.6. The molecule has 0 saturated carbocycles. The number of hydrogen-bond acceptors (Lipinski definition) is 4. The molecule has 0 amide bonds. The van der Waals surface area contributed by atoms with Gasteiger partial charge in [0.2, 0.25) is 0 Å². The highest BCUT2D eigenvalue weighted by atomic mass is 28.2. The van der Waals surface area contributed by atoms with Gasteiger partial charge in [0.25, 0.3) is 0 Å². The summed E-state index contributed by atoms with van der Waals surface area (Å²) in [4.78, 5) is 0. The van der Waals surface area contributed by atoms with Crippen molar-refractivity contribution in [3.63, 3.8) is 0 Å². The van der Waals surface area contributed by atoms with Crippen molar-refractivity contribution in [3.8, 4) is 45.3 Å². The molecule has 1 atom stereocenters. The molecule has 0 fully saturated rings. The second kappa shape index (κ2) is 10.7. The first-order chi connectivity index (χ1) is 17.3. The van der Waals surface area contributed by atoms with Crippen molar-refractivity contribution in [1.82, 2.24) is 0 Å². The van der Waals surface area contributed by atoms with Crippen molar-refractivity contribution in [1.29, 1.82) is 0 Å². The minimum Gasteiger partial charge on any atom is -0.497 e. The van der Waals surface area contributed by atoms with Crippen LogP contribution in [0.1, 0.15) is 27.7 Å². The van der Waals surface area contributed by atoms with Gasteiger partial charge in [-0.15, -0.1) is 0 Å². The molecule has 4 rings (SSSR count). The fourth-order valence-corrected chi connectivity index (χ4v) is 7.56. The van der Waals surface area contributed by atoms with E-state index in [9.17, 15) is 0 Å². The third-order valence-electron chi connectivity index (χ3n) is 7.64. The number of ether oxygens (including phenoxy) is 4. The summed E-state index contributed by atoms with van der Waals surface area (Å²) in [7, 11) is 5.99. The van der Waals surface area contributed by atoms with Gasteiger partial charge < -0.3 is 18.9 Å². The Bertz CT molecular complexity index is 1310. The summed E-state index contributed by atoms with van der Waals surface area (Å²) in [5.74, 6) is 3.56. The molecule has 1 unspecified atom stereocenters. The van der Waals surface area contributed by atoms with Crippen LogP contribution < -0.4 is 24.1 Å². The molecular formula is C31H36O4Si. The van der Waals surface area contributed by atoms with Gasteiger partial charge in [-0.3, -0.25) is 0 Å². The predicted octanol–water partition coefficient (Wildman–Crippen LogP) is 6.11. The summed E-state index contributed by atoms with van der Waals surface area (Å²) >= 11 is 0. The Morgan fingerprint density at radius 2 is 1.14 bits per heavy atom. The van der Waals surface area contributed by atoms with E-state index in [1.54, 1.807) is 33.6 Å². The Morgan fingerprint density at radius 1 is 0.639 bits per heavy atom. The smallest absolute Gasteiger partial charge is 0.123 e. The molecule has 0 aromatic heterocycles. The Balaban J connectivity index is 1.98. The van der Waals surface area contributed by atoms with E-state index in [4.69, 9.17) is 18.9 Å². The van der Waals surface area contributed by atoms with Crippen molar-refractivity contribution < 1.29 is 18.9 Å². The first-order valence-electron chi connectivity index (χ1n) is 12.3. The lowest BCUT2D eigenvalue weighted by atomic mass is 9.93. The summed E-state index contributed by atoms with van der Waals surface area (Å²) in [6, 6.07) is 18.8. The topological polar surface area (TPSA) is 36.9 Å². The van der Waals surface area contributed by atoms with Crippen molar-refractivity contribution >= 4 is 14.7 Å². The minimum atomic E-state index is -0.766. The Morgan fingerprint density at radius 3 is 1.58 bits per heavy atom. The maximum Gasteiger partial charge on any atom is 0.123 e. The van der Waals surface area contributed by atoms with Crippen LogP contribution in [-0.2, 0) is 0 Å². The second-order valence-corrected chi connectivity index (χ2v) is 11.3. The molecule has 5 heteroatoms. The van der Waals surface area contributed by atoms with Gasteiger partial charge in [-0.25, -0.2) is 0 Å². The van der Waals surface area contributed by atoms with Crippen LogP contribution in [0.25, 0.3) is 22.3 Å². The van der Waals surface area contributed by atoms with Crippen molar-refractivity contribution in [2.24, 2.45) is 5.92 Å². The van der Waals surface area contributed by atoms with Gasteiger partial charge in [0.05, 0.1) is 38.0 Å². The summed E-state index contributed by atoms with van der Waals surface area (Å²) in [6.45, 7) is 9.17. The summed E-state index contributed by atoms with van der Waals surface area (Å²) in [5.41, 5.74) is 8.89. The summed E-state index contributed by atoms with van der Waals surface area (Å²) < 4.78 is 22.5. The standard InChI is InChI=1S/C31H36O4Si/c1-18-19(2)21(4)31(20(18)3)36-29-11-9-10-28(22-12-24(32-5)16-25(13-22)33-6)30(29)23-14-26(34-7)17-27(15-23)35-8/h9-17,20H,36H2,1-8H3. The Labute approximate surface area is 217 Å². The van der Waals surface area contributed by atoms with Gasteiger partial charge in [0, 0.05) is 12.1 Å². The first-order valence-corrected chi connectivity index (χ1v) is 13.7. The zero-order valence-electron chi connectivity index (χ0n) is 22.6. The fraction of sp³-hybridized carbons (Fsp3) is 0.290. The predicted molar refractivity (Wildman–Crippen MR) is 152 cm³/mol. The quantitative estimate of drug-likeness (QED) is 0.350. The molecule has 3 aromatic carbocycles. The average Bonchev–Trinajstić information content (AvgIpc) is 3.09. The molecule has 1 aliphatic rings. The molecule has 0 saturated heterocycles. The van der Waals surface area contributed by atoms with Crippen LogP contribution in [-0.4, -0.2) is 38.0 Å². The number of hydrogen-bond donors (Lipinski definition) is 0. The van der Waals surface area contributed by atoms with E-state index in [1.807, 2.05) is 12.1 Å². The molecule has 0 N–H and O–H groups in total. The number of allylic oxidation sites excluding steroid dienone is 4. The van der Waals surface area contributed by atoms with Gasteiger partial charge in [-0.05, 0) is 78.8 Å². The average molecular weight is 501 g/mol. The van der Waals surface area contributed by atoms with Crippen LogP contribution in [0, 0.1) is 5.92 Å². The monoisotopic (exact) mass is 500 g/mol. The molecule has 0 spiro atoms. The zero-order valence-corrected chi connectivity index (χ0v) is 24.0. The Kier molecular flexibility index (Phi) is 7.60. The van der Waals surface area contributed by atoms with E-state index in [0.717, 1.165) is 39.7 Å². The summed E-state index contributed by atoms with van der Waals surface area (Å²) in [5, 5.41) is 3.01. The highest BCUT2D eigenvalue weighted by Crippen LogP contribution is 2.40. The molecule has 0 heterocycles. The maximum atomic E-state index is 5.65. The van der Waals surface area contributed by atoms with E-state index in [-0.39, 0.29) is 0 Å². The highest BCUT2D eigenvalue weighted by molar-refractivity contribution is 6.63. The van der Waals surface area contributed by atoms with Crippen LogP contribution in [0.2, 0.25) is 0 Å². The van der Waals surface area contributed by atoms with Gasteiger partial charge >= 0.3 is 0 Å². The second-order valence-electron chi connectivity index (χ2n) is 9.40. The lowest BCUT2D eigenvalue weighted by Gasteiger charge is -2.20. The Hall–Kier alpha value is -3.44. The van der Waals surface area contributed by atoms with Crippen LogP contribution >= 0.6 is 0 Å². The SMILES string of the molecule is COc1cc(OC)cc(-c2cccc([SiH2]C3=C(C)C(C)=C(C)C3C)c2-c2cc(OC)cc(OC)c2)c1. The third-order valence-corrected chi connectivity index (χ3v) is 10.1. The molecule has 36 heavy (non-hydrogen) atoms. The number of rotatable bonds is 8. The number of methoxy groups -OCH3 is 4. The van der Waals surface area contributed by atoms with Gasteiger partial charge in [-0.1, -0.05) is 46.7 Å². The van der Waals surface area contributed by atoms with Crippen molar-refractivity contribution in [2.75, 3.05) is 28.4 Å². The van der Waals surface area contributed by atoms with Crippen LogP contribution in [0.5, 0.6) is 23.0 Å². The van der Waals surface area contributed by atoms with Gasteiger partial charge in [-0.2, -0.15) is 0 Å². The molecule has 188 valence electrons. The third kappa shape index (κ3) is 4.80. The van der Waals surface area contributed by atoms with Gasteiger partial charge in [0.1, 0.15) is 23.0 Å². The van der Waals surface area contributed by atoms with Crippen LogP contribution in [0.15, 0.2) is 76.5 Å². The lowest BCUT2D eigenvalue weighted by Crippen LogP contribution is -2.23. The molecule has 0 bridgehead atoms. The van der Waals surface area contributed by atoms with E-state index in [2.05, 4.69) is 70.2 Å². The summed E-state index contributed by atoms with van der Waals surface area (Å²) in [6.07, 6.45) is 0. The van der Waals surface area contributed by atoms with E-state index < -0.39 is 9.52 Å². The molecule has 0 aliphatic heterocycles. The largest absolute Gasteiger partial charge is 0.497 e. The molecule has 4 nitrogen and oxygen atoms in total. The highest BCUT2D eigenvalue weighted by Gasteiger charge is 2.25. The minimum absolute atomic E-state index is 0.491. The normalized spacial score (nSPS) is 15.7. The molecule has 1 aliphatic carbocycles. The fourth-order valence-electron chi connectivity index (χ4n) is 5.18. The van der Waals surface area contributed by atoms with E-state index >= 15 is 0 Å². The van der Waals surface area contributed by atoms with Gasteiger partial charge in [0.15, 0.2) is 0 Å².